The van der Waals surface area contributed by atoms with Crippen molar-refractivity contribution in [2.45, 2.75) is 248 Å². The molecule has 4 aromatic rings. The van der Waals surface area contributed by atoms with Crippen molar-refractivity contribution in [2.24, 2.45) is 5.41 Å². The molecule has 0 heterocycles. The van der Waals surface area contributed by atoms with E-state index in [1.54, 1.807) is 6.92 Å². The van der Waals surface area contributed by atoms with Crippen LogP contribution in [0.15, 0.2) is 129 Å². The van der Waals surface area contributed by atoms with E-state index in [9.17, 15) is 9.59 Å². The SMILES string of the molecule is C.C.C.C.C=C(C)C(=O)OC.C=Cc1ccc(CCl)cc1.C=Cc1ccc(C[P+](CCC)(CCC)CCC)cc1.C=Cc1ccc(C[P+](CCC)(CCC)CCC)cc1.CCCP(CCC)CCC.CCC[P+](CCC)(CCC)Cc1ccc(C(C)C(C)(C)C(=O)OC)cc1.[Cl-].[Cl-].[Cl-]. The highest BCUT2D eigenvalue weighted by Gasteiger charge is 2.38. The molecule has 0 saturated carbocycles. The van der Waals surface area contributed by atoms with Gasteiger partial charge in [0.05, 0.1) is 93.6 Å². The molecule has 4 rings (SSSR count). The monoisotopic (exact) mass is 1510 g/mol. The summed E-state index contributed by atoms with van der Waals surface area (Å²) in [7, 11) is 0.821. The van der Waals surface area contributed by atoms with Gasteiger partial charge < -0.3 is 46.7 Å². The average Bonchev–Trinajstić information content (AvgIpc) is 0.830. The lowest BCUT2D eigenvalue weighted by atomic mass is 9.76. The molecular formula is C86H154Cl4O4P4. The molecular weight excluding hydrogens is 1360 g/mol. The van der Waals surface area contributed by atoms with Gasteiger partial charge >= 0.3 is 11.9 Å². The highest BCUT2D eigenvalue weighted by molar-refractivity contribution is 7.75. The highest BCUT2D eigenvalue weighted by atomic mass is 35.5. The quantitative estimate of drug-likeness (QED) is 0.0194. The van der Waals surface area contributed by atoms with Gasteiger partial charge in [0.25, 0.3) is 0 Å². The minimum Gasteiger partial charge on any atom is -1.00 e. The molecule has 0 N–H and O–H groups in total. The van der Waals surface area contributed by atoms with Crippen molar-refractivity contribution in [3.05, 3.63) is 173 Å². The zero-order chi connectivity index (χ0) is 69.2. The molecule has 0 aliphatic heterocycles. The summed E-state index contributed by atoms with van der Waals surface area (Å²) in [5.41, 5.74) is 10.4. The first-order chi connectivity index (χ1) is 43.5. The van der Waals surface area contributed by atoms with E-state index in [1.807, 2.05) is 56.3 Å². The second-order valence-corrected chi connectivity index (χ2v) is 41.7. The van der Waals surface area contributed by atoms with Crippen LogP contribution in [0.25, 0.3) is 18.2 Å². The van der Waals surface area contributed by atoms with Crippen molar-refractivity contribution in [3.8, 4) is 0 Å². The first-order valence-electron chi connectivity index (χ1n) is 35.4. The Bertz CT molecular complexity index is 2360. The van der Waals surface area contributed by atoms with E-state index in [2.05, 4.69) is 194 Å². The molecule has 1 atom stereocenters. The van der Waals surface area contributed by atoms with Crippen LogP contribution in [0.3, 0.4) is 0 Å². The molecule has 0 aromatic heterocycles. The van der Waals surface area contributed by atoms with Crippen LogP contribution in [-0.4, -0.2) is 100 Å². The van der Waals surface area contributed by atoms with Crippen LogP contribution in [0.5, 0.6) is 0 Å². The number of rotatable bonds is 38. The number of hydrogen-bond donors (Lipinski definition) is 0. The zero-order valence-electron chi connectivity index (χ0n) is 63.1. The summed E-state index contributed by atoms with van der Waals surface area (Å²) in [4.78, 5) is 22.3. The van der Waals surface area contributed by atoms with Crippen molar-refractivity contribution in [1.82, 2.24) is 0 Å². The van der Waals surface area contributed by atoms with E-state index < -0.39 is 27.2 Å². The fraction of sp³-hybridized carbons (Fsp3) is 0.605. The fourth-order valence-electron chi connectivity index (χ4n) is 12.6. The van der Waals surface area contributed by atoms with E-state index in [0.717, 1.165) is 11.1 Å². The number of carbonyl (C=O) groups is 2. The predicted molar refractivity (Wildman–Crippen MR) is 454 cm³/mol. The molecule has 4 aromatic carbocycles. The minimum atomic E-state index is -0.884. The van der Waals surface area contributed by atoms with Crippen LogP contribution in [0.2, 0.25) is 0 Å². The molecule has 0 aliphatic rings. The number of methoxy groups -OCH3 is 2. The number of alkyl halides is 1. The summed E-state index contributed by atoms with van der Waals surface area (Å²) in [6.45, 7) is 50.3. The molecule has 0 amide bonds. The Kier molecular flexibility index (Phi) is 80.4. The third kappa shape index (κ3) is 47.8. The first-order valence-corrected chi connectivity index (χ1v) is 45.4. The van der Waals surface area contributed by atoms with E-state index in [4.69, 9.17) is 16.3 Å². The second-order valence-electron chi connectivity index (χ2n) is 25.8. The Balaban J connectivity index is -0.000000143. The van der Waals surface area contributed by atoms with E-state index >= 15 is 0 Å². The maximum absolute atomic E-state index is 12.1. The van der Waals surface area contributed by atoms with Crippen LogP contribution < -0.4 is 37.2 Å². The molecule has 0 bridgehead atoms. The topological polar surface area (TPSA) is 52.6 Å². The summed E-state index contributed by atoms with van der Waals surface area (Å²) in [6.07, 6.45) is 43.4. The van der Waals surface area contributed by atoms with Gasteiger partial charge in [-0.15, -0.1) is 19.5 Å². The Morgan fingerprint density at radius 2 is 0.673 bits per heavy atom. The van der Waals surface area contributed by atoms with E-state index in [0.29, 0.717) is 19.4 Å². The Morgan fingerprint density at radius 3 is 0.847 bits per heavy atom. The molecule has 98 heavy (non-hydrogen) atoms. The molecule has 1 unspecified atom stereocenters. The summed E-state index contributed by atoms with van der Waals surface area (Å²) >= 11 is 5.60. The van der Waals surface area contributed by atoms with Gasteiger partial charge in [-0.05, 0) is 147 Å². The lowest BCUT2D eigenvalue weighted by molar-refractivity contribution is -0.151. The zero-order valence-corrected chi connectivity index (χ0v) is 69.7. The van der Waals surface area contributed by atoms with Gasteiger partial charge in [-0.2, -0.15) is 0 Å². The molecule has 0 spiro atoms. The van der Waals surface area contributed by atoms with Gasteiger partial charge in [0, 0.05) is 33.2 Å². The van der Waals surface area contributed by atoms with Crippen molar-refractivity contribution < 1.29 is 56.3 Å². The first kappa shape index (κ1) is 114. The number of hydrogen-bond acceptors (Lipinski definition) is 4. The number of ether oxygens (including phenoxy) is 2. The summed E-state index contributed by atoms with van der Waals surface area (Å²) in [5.74, 6) is 0.218. The largest absolute Gasteiger partial charge is 1.00 e. The third-order valence-electron chi connectivity index (χ3n) is 17.1. The molecule has 0 fully saturated rings. The summed E-state index contributed by atoms with van der Waals surface area (Å²) in [6, 6.07) is 35.2. The maximum Gasteiger partial charge on any atom is 0.332 e. The number of benzene rings is 4. The maximum atomic E-state index is 12.1. The van der Waals surface area contributed by atoms with Gasteiger partial charge in [-0.3, -0.25) is 4.79 Å². The smallest absolute Gasteiger partial charge is 0.332 e. The number of carbonyl (C=O) groups excluding carboxylic acids is 2. The molecule has 4 nitrogen and oxygen atoms in total. The predicted octanol–water partition coefficient (Wildman–Crippen LogP) is 19.9. The van der Waals surface area contributed by atoms with Gasteiger partial charge in [0.15, 0.2) is 0 Å². The Labute approximate surface area is 638 Å². The fourth-order valence-corrected chi connectivity index (χ4v) is 30.3. The second kappa shape index (κ2) is 69.1. The van der Waals surface area contributed by atoms with Crippen LogP contribution in [0, 0.1) is 5.41 Å². The molecule has 0 saturated heterocycles. The van der Waals surface area contributed by atoms with Crippen molar-refractivity contribution in [2.75, 3.05) is 88.2 Å². The molecule has 0 radical (unpaired) electrons. The van der Waals surface area contributed by atoms with Crippen molar-refractivity contribution >= 4 is 71.5 Å². The number of halogens is 4. The van der Waals surface area contributed by atoms with Gasteiger partial charge in [0.1, 0.15) is 0 Å². The van der Waals surface area contributed by atoms with Crippen LogP contribution in [0.1, 0.15) is 268 Å². The summed E-state index contributed by atoms with van der Waals surface area (Å²) in [5, 5.41) is 0. The van der Waals surface area contributed by atoms with Crippen molar-refractivity contribution in [1.29, 1.82) is 0 Å². The summed E-state index contributed by atoms with van der Waals surface area (Å²) < 4.78 is 9.27. The minimum absolute atomic E-state index is 0. The average molecular weight is 1520 g/mol. The van der Waals surface area contributed by atoms with Crippen LogP contribution >= 0.6 is 41.3 Å². The number of esters is 2. The van der Waals surface area contributed by atoms with Crippen LogP contribution in [-0.2, 0) is 43.4 Å². The third-order valence-corrected chi connectivity index (χ3v) is 36.3. The molecule has 12 heteroatoms. The van der Waals surface area contributed by atoms with E-state index in [-0.39, 0.29) is 84.8 Å². The van der Waals surface area contributed by atoms with Crippen LogP contribution in [0.4, 0.5) is 0 Å². The van der Waals surface area contributed by atoms with E-state index in [1.165, 1.54) is 217 Å². The van der Waals surface area contributed by atoms with Gasteiger partial charge in [-0.25, -0.2) is 4.79 Å². The Morgan fingerprint density at radius 1 is 0.439 bits per heavy atom. The van der Waals surface area contributed by atoms with Gasteiger partial charge in [0.2, 0.25) is 0 Å². The Hall–Kier alpha value is -2.34. The molecule has 0 aliphatic carbocycles. The normalized spacial score (nSPS) is 10.7. The van der Waals surface area contributed by atoms with Gasteiger partial charge in [-0.1, -0.05) is 281 Å². The van der Waals surface area contributed by atoms with Crippen molar-refractivity contribution in [3.63, 3.8) is 0 Å². The lowest BCUT2D eigenvalue weighted by Crippen LogP contribution is -3.00. The highest BCUT2D eigenvalue weighted by Crippen LogP contribution is 2.64. The lowest BCUT2D eigenvalue weighted by Gasteiger charge is -2.30. The standard InChI is InChI=1S/C23H40O2P.2C18H30P.C9H9Cl.C9H21P.C5H8O2.4CH4.3ClH/c1-8-15-26(16-9-2,17-10-3)18-20-11-13-21(14-12-20)19(4)23(5,6)22(24)25-7;2*1-5-13-19(14-6-2,15-7-3)16-18-11-9-17(8-4)10-12-18;1-2-8-3-5-9(7-10)6-4-8;1-4-7-10(8-5-2)9-6-3;1-4(2)5(6)7-3;;;;;;;/h11-14,19H,8-10,15-18H2,1-7H3;2*8-12H,4-7,13-16H2,1-3H3;2-6H,1,7H2;4-9H2,1-3H3;1H2,2-3H3;4*1H4;3*1H/q3*+1;;;;;;;;;;/p-3. The molecule has 570 valence electrons.